The number of nitrogens with zero attached hydrogens (tertiary/aromatic N) is 8. The maximum Gasteiger partial charge on any atom is 0.234 e. The van der Waals surface area contributed by atoms with Crippen LogP contribution in [0.1, 0.15) is 65.8 Å². The molecule has 284 valence electrons. The Morgan fingerprint density at radius 1 is 0.833 bits per heavy atom. The molecular weight excluding hydrogens is 682 g/mol. The van der Waals surface area contributed by atoms with E-state index >= 15 is 0 Å². The summed E-state index contributed by atoms with van der Waals surface area (Å²) in [5.41, 5.74) is 15.1. The molecule has 0 bridgehead atoms. The fourth-order valence-electron chi connectivity index (χ4n) is 5.71. The van der Waals surface area contributed by atoms with E-state index in [4.69, 9.17) is 21.0 Å². The fourth-order valence-corrected chi connectivity index (χ4v) is 5.71. The molecule has 6 N–H and O–H groups in total. The summed E-state index contributed by atoms with van der Waals surface area (Å²) in [5, 5.41) is 23.3. The van der Waals surface area contributed by atoms with Crippen LogP contribution in [0.5, 0.6) is 0 Å². The quantitative estimate of drug-likeness (QED) is 0.119. The van der Waals surface area contributed by atoms with Gasteiger partial charge in [-0.2, -0.15) is 5.26 Å². The van der Waals surface area contributed by atoms with E-state index in [9.17, 15) is 9.50 Å². The number of likely N-dealkylation sites (tertiary alicyclic amines) is 1. The summed E-state index contributed by atoms with van der Waals surface area (Å²) in [4.78, 5) is 24.4. The summed E-state index contributed by atoms with van der Waals surface area (Å²) in [6.45, 7) is 14.1. The lowest BCUT2D eigenvalue weighted by Crippen LogP contribution is -2.49. The minimum atomic E-state index is -1.12. The summed E-state index contributed by atoms with van der Waals surface area (Å²) in [6.07, 6.45) is 4.13. The average Bonchev–Trinajstić information content (AvgIpc) is 3.61. The summed E-state index contributed by atoms with van der Waals surface area (Å²) in [7, 11) is 1.50. The highest BCUT2D eigenvalue weighted by Gasteiger charge is 2.32. The summed E-state index contributed by atoms with van der Waals surface area (Å²) in [6, 6.07) is 25.5. The van der Waals surface area contributed by atoms with Crippen LogP contribution in [0.4, 0.5) is 16.0 Å². The third-order valence-corrected chi connectivity index (χ3v) is 8.12. The molecule has 4 aromatic heterocycles. The number of halogens is 1. The van der Waals surface area contributed by atoms with Crippen molar-refractivity contribution in [3.8, 4) is 34.4 Å². The van der Waals surface area contributed by atoms with E-state index in [1.54, 1.807) is 24.4 Å². The number of fused-ring (bicyclic) bond motifs is 1. The highest BCUT2D eigenvalue weighted by molar-refractivity contribution is 5.84. The molecule has 2 aromatic carbocycles. The molecule has 13 heteroatoms. The molecule has 0 radical (unpaired) electrons. The van der Waals surface area contributed by atoms with E-state index in [0.717, 1.165) is 16.8 Å². The van der Waals surface area contributed by atoms with Crippen molar-refractivity contribution in [2.75, 3.05) is 31.2 Å². The van der Waals surface area contributed by atoms with Gasteiger partial charge in [-0.15, -0.1) is 0 Å². The van der Waals surface area contributed by atoms with Crippen molar-refractivity contribution in [1.29, 1.82) is 5.26 Å². The first-order valence-electron chi connectivity index (χ1n) is 18.4. The van der Waals surface area contributed by atoms with Crippen molar-refractivity contribution in [2.45, 2.75) is 66.7 Å². The first kappa shape index (κ1) is 42.6. The van der Waals surface area contributed by atoms with Crippen molar-refractivity contribution in [2.24, 2.45) is 5.73 Å². The van der Waals surface area contributed by atoms with Gasteiger partial charge in [0.25, 0.3) is 0 Å². The predicted molar refractivity (Wildman–Crippen MR) is 216 cm³/mol. The maximum absolute atomic E-state index is 13.6. The number of piperidine rings is 1. The average molecular weight is 734 g/mol. The van der Waals surface area contributed by atoms with Crippen LogP contribution in [0.2, 0.25) is 0 Å². The number of nitrogens with two attached hydrogens (primary N) is 2. The Bertz CT molecular complexity index is 2070. The molecule has 6 aromatic rings. The van der Waals surface area contributed by atoms with Crippen LogP contribution in [0.25, 0.3) is 39.5 Å². The second-order valence-electron chi connectivity index (χ2n) is 11.2. The van der Waals surface area contributed by atoms with Crippen LogP contribution in [0, 0.1) is 17.1 Å². The van der Waals surface area contributed by atoms with E-state index in [1.807, 2.05) is 88.6 Å². The Hall–Kier alpha value is -5.81. The highest BCUT2D eigenvalue weighted by Crippen LogP contribution is 2.32. The van der Waals surface area contributed by atoms with E-state index in [0.29, 0.717) is 72.4 Å². The zero-order valence-corrected chi connectivity index (χ0v) is 32.3. The maximum atomic E-state index is 13.6. The molecule has 12 nitrogen and oxygen atoms in total. The molecule has 1 fully saturated rings. The number of nitrogens with one attached hydrogen (secondary N) is 1. The predicted octanol–water partition coefficient (Wildman–Crippen LogP) is 7.58. The molecular formula is C41H52FN11O. The normalized spacial score (nSPS) is 12.9. The molecule has 1 aliphatic heterocycles. The summed E-state index contributed by atoms with van der Waals surface area (Å²) < 4.78 is 15.6. The van der Waals surface area contributed by atoms with Crippen LogP contribution in [-0.2, 0) is 6.54 Å². The van der Waals surface area contributed by atoms with Crippen molar-refractivity contribution in [3.63, 3.8) is 0 Å². The van der Waals surface area contributed by atoms with E-state index in [1.165, 1.54) is 25.4 Å². The van der Waals surface area contributed by atoms with E-state index in [2.05, 4.69) is 43.0 Å². The molecule has 54 heavy (non-hydrogen) atoms. The molecule has 0 aliphatic carbocycles. The number of pyridine rings is 2. The first-order chi connectivity index (χ1) is 26.4. The lowest BCUT2D eigenvalue weighted by atomic mass is 9.99. The SMILES string of the molecule is CC.CC.CC.CN.N#Cc1nccc(NC2(O)CCN(Cc3ccc(-n4c(-c5cccnc5N)nc5ccc(-c6ccc(F)cc6)nc54)cc3)CC2)n1. The molecule has 0 atom stereocenters. The lowest BCUT2D eigenvalue weighted by molar-refractivity contribution is 0.000195. The van der Waals surface area contributed by atoms with Gasteiger partial charge in [-0.3, -0.25) is 9.47 Å². The zero-order valence-electron chi connectivity index (χ0n) is 32.3. The number of aliphatic hydroxyl groups is 1. The Morgan fingerprint density at radius 2 is 1.50 bits per heavy atom. The third kappa shape index (κ3) is 10.4. The fraction of sp³-hybridized carbons (Fsp3) is 0.317. The van der Waals surface area contributed by atoms with Gasteiger partial charge in [0.15, 0.2) is 11.5 Å². The minimum Gasteiger partial charge on any atom is -0.383 e. The smallest absolute Gasteiger partial charge is 0.234 e. The van der Waals surface area contributed by atoms with Crippen molar-refractivity contribution >= 4 is 22.8 Å². The van der Waals surface area contributed by atoms with Gasteiger partial charge in [0.05, 0.1) is 11.3 Å². The van der Waals surface area contributed by atoms with Crippen LogP contribution in [0.3, 0.4) is 0 Å². The number of imidazole rings is 1. The topological polar surface area (TPSA) is 181 Å². The Kier molecular flexibility index (Phi) is 16.6. The number of hydrogen-bond donors (Lipinski definition) is 4. The van der Waals surface area contributed by atoms with Crippen LogP contribution in [-0.4, -0.2) is 65.4 Å². The Balaban J connectivity index is 0.000000921. The highest BCUT2D eigenvalue weighted by atomic mass is 19.1. The number of benzene rings is 2. The number of rotatable bonds is 7. The molecule has 5 heterocycles. The molecule has 7 rings (SSSR count). The van der Waals surface area contributed by atoms with Crippen LogP contribution in [0.15, 0.2) is 91.3 Å². The first-order valence-corrected chi connectivity index (χ1v) is 18.4. The summed E-state index contributed by atoms with van der Waals surface area (Å²) in [5.74, 6) is 1.15. The van der Waals surface area contributed by atoms with Gasteiger partial charge in [0, 0.05) is 56.1 Å². The second-order valence-corrected chi connectivity index (χ2v) is 11.2. The van der Waals surface area contributed by atoms with Crippen molar-refractivity contribution < 1.29 is 9.50 Å². The van der Waals surface area contributed by atoms with Gasteiger partial charge >= 0.3 is 0 Å². The second kappa shape index (κ2) is 21.0. The van der Waals surface area contributed by atoms with Gasteiger partial charge in [-0.25, -0.2) is 29.3 Å². The molecule has 0 saturated carbocycles. The minimum absolute atomic E-state index is 0.0540. The van der Waals surface area contributed by atoms with E-state index in [-0.39, 0.29) is 11.6 Å². The lowest BCUT2D eigenvalue weighted by Gasteiger charge is -2.38. The Morgan fingerprint density at radius 3 is 2.13 bits per heavy atom. The third-order valence-electron chi connectivity index (χ3n) is 8.12. The van der Waals surface area contributed by atoms with Gasteiger partial charge < -0.3 is 21.9 Å². The number of hydrogen-bond acceptors (Lipinski definition) is 11. The van der Waals surface area contributed by atoms with Crippen LogP contribution < -0.4 is 16.8 Å². The van der Waals surface area contributed by atoms with Gasteiger partial charge in [-0.05, 0) is 79.3 Å². The van der Waals surface area contributed by atoms with Gasteiger partial charge in [0.2, 0.25) is 5.82 Å². The molecule has 0 amide bonds. The molecule has 1 aliphatic rings. The standard InChI is InChI=1S/C34H29FN10O.3C2H6.CH5N/c35-24-7-5-23(6-8-24)27-11-12-28-33(40-27)45(32(41-28)26-2-1-16-39-31(26)37)25-9-3-22(4-10-25)21-44-18-14-34(46,15-19-44)43-29-13-17-38-30(20-36)42-29;4*1-2/h1-13,16-17,46H,14-15,18-19,21H2,(H2,37,39)(H,38,42,43);3*1-2H3;2H2,1H3. The van der Waals surface area contributed by atoms with Gasteiger partial charge in [-0.1, -0.05) is 53.7 Å². The number of anilines is 2. The number of aromatic nitrogens is 6. The van der Waals surface area contributed by atoms with Crippen LogP contribution >= 0.6 is 0 Å². The molecule has 0 unspecified atom stereocenters. The largest absolute Gasteiger partial charge is 0.383 e. The van der Waals surface area contributed by atoms with Crippen molar-refractivity contribution in [1.82, 2.24) is 34.4 Å². The zero-order chi connectivity index (χ0) is 39.7. The number of nitriles is 1. The van der Waals surface area contributed by atoms with Gasteiger partial charge in [0.1, 0.15) is 34.8 Å². The number of nitrogen functional groups attached to an aromatic ring is 1. The molecule has 0 spiro atoms. The Labute approximate surface area is 317 Å². The summed E-state index contributed by atoms with van der Waals surface area (Å²) >= 11 is 0. The van der Waals surface area contributed by atoms with E-state index < -0.39 is 5.72 Å². The molecule has 1 saturated heterocycles. The monoisotopic (exact) mass is 733 g/mol. The van der Waals surface area contributed by atoms with Crippen molar-refractivity contribution in [3.05, 3.63) is 108 Å².